The molecule has 0 saturated carbocycles. The summed E-state index contributed by atoms with van der Waals surface area (Å²) < 4.78 is 1.82. The van der Waals surface area contributed by atoms with Crippen molar-refractivity contribution in [2.24, 2.45) is 0 Å². The van der Waals surface area contributed by atoms with Crippen molar-refractivity contribution in [3.8, 4) is 17.3 Å². The first-order valence-electron chi connectivity index (χ1n) is 10.2. The monoisotopic (exact) mass is 427 g/mol. The van der Waals surface area contributed by atoms with Gasteiger partial charge in [-0.25, -0.2) is 0 Å². The second kappa shape index (κ2) is 9.77. The summed E-state index contributed by atoms with van der Waals surface area (Å²) in [6.07, 6.45) is 3.21. The summed E-state index contributed by atoms with van der Waals surface area (Å²) in [5.41, 5.74) is 2.11. The molecule has 3 rings (SSSR count). The van der Waals surface area contributed by atoms with E-state index in [0.717, 1.165) is 30.5 Å². The predicted molar refractivity (Wildman–Crippen MR) is 115 cm³/mol. The van der Waals surface area contributed by atoms with E-state index in [-0.39, 0.29) is 30.8 Å². The summed E-state index contributed by atoms with van der Waals surface area (Å²) in [4.78, 5) is 28.8. The van der Waals surface area contributed by atoms with E-state index >= 15 is 0 Å². The van der Waals surface area contributed by atoms with Gasteiger partial charge in [-0.3, -0.25) is 14.3 Å². The van der Waals surface area contributed by atoms with Gasteiger partial charge < -0.3 is 9.80 Å². The first-order valence-corrected chi connectivity index (χ1v) is 10.6. The van der Waals surface area contributed by atoms with Gasteiger partial charge in [0.1, 0.15) is 12.2 Å². The zero-order valence-corrected chi connectivity index (χ0v) is 18.1. The maximum absolute atomic E-state index is 13.1. The molecule has 1 aromatic carbocycles. The van der Waals surface area contributed by atoms with Gasteiger partial charge in [-0.1, -0.05) is 43.5 Å². The number of nitrogens with zero attached hydrogens (tertiary/aromatic N) is 5. The van der Waals surface area contributed by atoms with Gasteiger partial charge in [0.2, 0.25) is 5.91 Å². The lowest BCUT2D eigenvalue weighted by Gasteiger charge is -2.34. The highest BCUT2D eigenvalue weighted by atomic mass is 35.5. The van der Waals surface area contributed by atoms with E-state index in [1.54, 1.807) is 30.1 Å². The molecule has 0 N–H and O–H groups in total. The quantitative estimate of drug-likeness (QED) is 0.642. The number of rotatable bonds is 8. The van der Waals surface area contributed by atoms with Crippen LogP contribution in [0.15, 0.2) is 30.3 Å². The molecule has 0 saturated heterocycles. The summed E-state index contributed by atoms with van der Waals surface area (Å²) in [5.74, 6) is -0.365. The smallest absolute Gasteiger partial charge is 0.272 e. The summed E-state index contributed by atoms with van der Waals surface area (Å²) in [6.45, 7) is 2.94. The van der Waals surface area contributed by atoms with E-state index < -0.39 is 0 Å². The van der Waals surface area contributed by atoms with Crippen LogP contribution in [0, 0.1) is 11.3 Å². The Morgan fingerprint density at radius 3 is 2.77 bits per heavy atom. The number of nitriles is 1. The first kappa shape index (κ1) is 21.8. The van der Waals surface area contributed by atoms with E-state index in [0.29, 0.717) is 23.8 Å². The second-order valence-corrected chi connectivity index (χ2v) is 8.01. The standard InChI is InChI=1S/C22H26ClN5O2/c1-3-4-6-18-14-27(15-21(29)26(2)12-5-11-24)22(30)20-13-19(25-28(18)20)16-7-9-17(23)10-8-16/h7-10,13,18H,3-6,12,14-15H2,1-2H3. The van der Waals surface area contributed by atoms with E-state index in [2.05, 4.69) is 6.92 Å². The predicted octanol–water partition coefficient (Wildman–Crippen LogP) is 3.76. The van der Waals surface area contributed by atoms with Gasteiger partial charge in [-0.05, 0) is 24.6 Å². The Balaban J connectivity index is 1.86. The molecule has 0 radical (unpaired) electrons. The third-order valence-corrected chi connectivity index (χ3v) is 5.61. The van der Waals surface area contributed by atoms with Crippen molar-refractivity contribution >= 4 is 23.4 Å². The molecule has 2 heterocycles. The Morgan fingerprint density at radius 1 is 1.37 bits per heavy atom. The largest absolute Gasteiger partial charge is 0.343 e. The van der Waals surface area contributed by atoms with Crippen molar-refractivity contribution in [1.82, 2.24) is 19.6 Å². The molecule has 1 aliphatic heterocycles. The summed E-state index contributed by atoms with van der Waals surface area (Å²) >= 11 is 5.99. The SMILES string of the molecule is CCCCC1CN(CC(=O)N(C)CCC#N)C(=O)c2cc(-c3ccc(Cl)cc3)nn21. The second-order valence-electron chi connectivity index (χ2n) is 7.57. The minimum Gasteiger partial charge on any atom is -0.343 e. The number of benzene rings is 1. The van der Waals surface area contributed by atoms with E-state index in [4.69, 9.17) is 22.0 Å². The fraction of sp³-hybridized carbons (Fsp3) is 0.455. The lowest BCUT2D eigenvalue weighted by Crippen LogP contribution is -2.48. The number of aromatic nitrogens is 2. The number of carbonyl (C=O) groups excluding carboxylic acids is 2. The first-order chi connectivity index (χ1) is 14.4. The maximum Gasteiger partial charge on any atom is 0.272 e. The lowest BCUT2D eigenvalue weighted by molar-refractivity contribution is -0.130. The van der Waals surface area contributed by atoms with Crippen molar-refractivity contribution in [3.05, 3.63) is 41.0 Å². The molecule has 0 spiro atoms. The number of hydrogen-bond acceptors (Lipinski definition) is 4. The number of hydrogen-bond donors (Lipinski definition) is 0. The van der Waals surface area contributed by atoms with E-state index in [1.807, 2.05) is 22.9 Å². The highest BCUT2D eigenvalue weighted by Gasteiger charge is 2.34. The molecule has 1 aliphatic rings. The van der Waals surface area contributed by atoms with Crippen LogP contribution in [-0.4, -0.2) is 58.1 Å². The lowest BCUT2D eigenvalue weighted by atomic mass is 10.1. The zero-order valence-electron chi connectivity index (χ0n) is 17.3. The molecule has 1 aromatic heterocycles. The molecule has 8 heteroatoms. The number of carbonyl (C=O) groups is 2. The van der Waals surface area contributed by atoms with Crippen molar-refractivity contribution < 1.29 is 9.59 Å². The van der Waals surface area contributed by atoms with Gasteiger partial charge in [0.25, 0.3) is 5.91 Å². The Bertz CT molecular complexity index is 947. The van der Waals surface area contributed by atoms with E-state index in [9.17, 15) is 9.59 Å². The molecule has 7 nitrogen and oxygen atoms in total. The molecular weight excluding hydrogens is 402 g/mol. The minimum absolute atomic E-state index is 0.00481. The van der Waals surface area contributed by atoms with Gasteiger partial charge in [0, 0.05) is 30.7 Å². The van der Waals surface area contributed by atoms with Crippen LogP contribution in [0.4, 0.5) is 0 Å². The van der Waals surface area contributed by atoms with Gasteiger partial charge in [0.15, 0.2) is 0 Å². The topological polar surface area (TPSA) is 82.2 Å². The molecule has 1 unspecified atom stereocenters. The zero-order chi connectivity index (χ0) is 21.7. The van der Waals surface area contributed by atoms with Crippen molar-refractivity contribution in [3.63, 3.8) is 0 Å². The fourth-order valence-electron chi connectivity index (χ4n) is 3.59. The Kier molecular flexibility index (Phi) is 7.11. The Labute approximate surface area is 181 Å². The average Bonchev–Trinajstić information content (AvgIpc) is 3.19. The molecule has 0 bridgehead atoms. The third-order valence-electron chi connectivity index (χ3n) is 5.36. The van der Waals surface area contributed by atoms with Gasteiger partial charge in [-0.15, -0.1) is 0 Å². The minimum atomic E-state index is -0.197. The normalized spacial score (nSPS) is 15.6. The number of likely N-dealkylation sites (N-methyl/N-ethyl adjacent to an activating group) is 1. The van der Waals surface area contributed by atoms with Crippen LogP contribution in [-0.2, 0) is 4.79 Å². The molecule has 0 fully saturated rings. The van der Waals surface area contributed by atoms with Crippen molar-refractivity contribution in [2.45, 2.75) is 38.6 Å². The summed E-state index contributed by atoms with van der Waals surface area (Å²) in [6, 6.07) is 11.2. The Morgan fingerprint density at radius 2 is 2.10 bits per heavy atom. The molecule has 1 atom stereocenters. The van der Waals surface area contributed by atoms with E-state index in [1.165, 1.54) is 4.90 Å². The summed E-state index contributed by atoms with van der Waals surface area (Å²) in [7, 11) is 1.66. The number of halogens is 1. The van der Waals surface area contributed by atoms with Crippen molar-refractivity contribution in [2.75, 3.05) is 26.7 Å². The maximum atomic E-state index is 13.1. The molecule has 2 aromatic rings. The average molecular weight is 428 g/mol. The van der Waals surface area contributed by atoms with Crippen molar-refractivity contribution in [1.29, 1.82) is 5.26 Å². The third kappa shape index (κ3) is 4.82. The summed E-state index contributed by atoms with van der Waals surface area (Å²) in [5, 5.41) is 14.1. The number of unbranched alkanes of at least 4 members (excludes halogenated alkanes) is 1. The molecular formula is C22H26ClN5O2. The van der Waals surface area contributed by atoms with Gasteiger partial charge in [0.05, 0.1) is 24.2 Å². The van der Waals surface area contributed by atoms with Crippen LogP contribution in [0.2, 0.25) is 5.02 Å². The fourth-order valence-corrected chi connectivity index (χ4v) is 3.71. The van der Waals surface area contributed by atoms with Crippen LogP contribution in [0.5, 0.6) is 0 Å². The molecule has 158 valence electrons. The number of amides is 2. The van der Waals surface area contributed by atoms with Crippen LogP contribution in [0.25, 0.3) is 11.3 Å². The van der Waals surface area contributed by atoms with Crippen LogP contribution < -0.4 is 0 Å². The highest BCUT2D eigenvalue weighted by Crippen LogP contribution is 2.29. The highest BCUT2D eigenvalue weighted by molar-refractivity contribution is 6.30. The molecule has 30 heavy (non-hydrogen) atoms. The van der Waals surface area contributed by atoms with Gasteiger partial charge in [-0.2, -0.15) is 10.4 Å². The Hall–Kier alpha value is -2.85. The van der Waals surface area contributed by atoms with Crippen LogP contribution in [0.3, 0.4) is 0 Å². The van der Waals surface area contributed by atoms with Crippen LogP contribution in [0.1, 0.15) is 49.1 Å². The van der Waals surface area contributed by atoms with Gasteiger partial charge >= 0.3 is 0 Å². The molecule has 2 amide bonds. The number of fused-ring (bicyclic) bond motifs is 1. The van der Waals surface area contributed by atoms with Crippen LogP contribution >= 0.6 is 11.6 Å². The molecule has 0 aliphatic carbocycles.